The normalized spacial score (nSPS) is 10.7. The smallest absolute Gasteiger partial charge is 0.0320 e. The highest BCUT2D eigenvalue weighted by Crippen LogP contribution is 2.31. The third-order valence-electron chi connectivity index (χ3n) is 3.71. The van der Waals surface area contributed by atoms with E-state index in [-0.39, 0.29) is 0 Å². The quantitative estimate of drug-likeness (QED) is 0.790. The van der Waals surface area contributed by atoms with Crippen LogP contribution in [0.5, 0.6) is 0 Å². The second kappa shape index (κ2) is 5.92. The number of nitrogens with two attached hydrogens (primary N) is 1. The van der Waals surface area contributed by atoms with Gasteiger partial charge in [-0.2, -0.15) is 0 Å². The van der Waals surface area contributed by atoms with Gasteiger partial charge in [-0.3, -0.25) is 0 Å². The fourth-order valence-corrected chi connectivity index (χ4v) is 2.67. The first kappa shape index (κ1) is 13.7. The lowest BCUT2D eigenvalue weighted by atomic mass is 9.89. The number of hydrogen-bond acceptors (Lipinski definition) is 1. The minimum Gasteiger partial charge on any atom is -0.399 e. The molecular weight excluding hydrogens is 230 g/mol. The summed E-state index contributed by atoms with van der Waals surface area (Å²) in [4.78, 5) is 0. The summed E-state index contributed by atoms with van der Waals surface area (Å²) in [5.74, 6) is 0. The largest absolute Gasteiger partial charge is 0.399 e. The van der Waals surface area contributed by atoms with Crippen molar-refractivity contribution in [3.05, 3.63) is 53.1 Å². The molecule has 2 aromatic carbocycles. The van der Waals surface area contributed by atoms with Gasteiger partial charge in [0.2, 0.25) is 0 Å². The van der Waals surface area contributed by atoms with Gasteiger partial charge in [0.15, 0.2) is 0 Å². The number of hydrogen-bond donors (Lipinski definition) is 1. The van der Waals surface area contributed by atoms with Crippen LogP contribution in [0, 0.1) is 0 Å². The molecule has 19 heavy (non-hydrogen) atoms. The maximum Gasteiger partial charge on any atom is 0.0320 e. The van der Waals surface area contributed by atoms with Crippen LogP contribution in [0.15, 0.2) is 36.4 Å². The van der Waals surface area contributed by atoms with E-state index in [2.05, 4.69) is 45.0 Å². The number of rotatable bonds is 4. The van der Waals surface area contributed by atoms with Gasteiger partial charge >= 0.3 is 0 Å². The maximum absolute atomic E-state index is 5.94. The molecule has 0 amide bonds. The average molecular weight is 253 g/mol. The highest BCUT2D eigenvalue weighted by Gasteiger charge is 2.10. The molecule has 0 aliphatic carbocycles. The van der Waals surface area contributed by atoms with Crippen molar-refractivity contribution in [3.63, 3.8) is 0 Å². The lowest BCUT2D eigenvalue weighted by Crippen LogP contribution is -1.98. The minimum atomic E-state index is 0.834. The highest BCUT2D eigenvalue weighted by molar-refractivity contribution is 5.74. The van der Waals surface area contributed by atoms with Gasteiger partial charge in [-0.1, -0.05) is 45.0 Å². The third kappa shape index (κ3) is 2.81. The van der Waals surface area contributed by atoms with Crippen molar-refractivity contribution in [2.45, 2.75) is 40.0 Å². The van der Waals surface area contributed by atoms with Gasteiger partial charge in [-0.25, -0.2) is 0 Å². The van der Waals surface area contributed by atoms with Crippen LogP contribution in [0.2, 0.25) is 0 Å². The van der Waals surface area contributed by atoms with Crippen molar-refractivity contribution in [1.82, 2.24) is 0 Å². The van der Waals surface area contributed by atoms with Gasteiger partial charge in [0.1, 0.15) is 0 Å². The summed E-state index contributed by atoms with van der Waals surface area (Å²) in [6.45, 7) is 6.67. The molecule has 0 aliphatic heterocycles. The van der Waals surface area contributed by atoms with Crippen molar-refractivity contribution >= 4 is 5.69 Å². The van der Waals surface area contributed by atoms with E-state index in [1.54, 1.807) is 0 Å². The lowest BCUT2D eigenvalue weighted by Gasteiger charge is -2.16. The molecule has 0 fully saturated rings. The SMILES string of the molecule is CCc1cc(CC)c(-c2cccc(N)c2)c(CC)c1. The second-order valence-corrected chi connectivity index (χ2v) is 4.98. The predicted octanol–water partition coefficient (Wildman–Crippen LogP) is 4.62. The molecule has 2 aromatic rings. The van der Waals surface area contributed by atoms with E-state index in [4.69, 9.17) is 5.73 Å². The molecule has 0 atom stereocenters. The Labute approximate surface area is 116 Å². The lowest BCUT2D eigenvalue weighted by molar-refractivity contribution is 1.05. The zero-order valence-corrected chi connectivity index (χ0v) is 12.2. The molecule has 0 spiro atoms. The number of anilines is 1. The summed E-state index contributed by atoms with van der Waals surface area (Å²) in [7, 11) is 0. The van der Waals surface area contributed by atoms with Crippen molar-refractivity contribution in [3.8, 4) is 11.1 Å². The molecule has 0 radical (unpaired) electrons. The van der Waals surface area contributed by atoms with Crippen LogP contribution < -0.4 is 5.73 Å². The Balaban J connectivity index is 2.66. The topological polar surface area (TPSA) is 26.0 Å². The molecule has 0 heterocycles. The van der Waals surface area contributed by atoms with Gasteiger partial charge in [0.05, 0.1) is 0 Å². The van der Waals surface area contributed by atoms with Crippen molar-refractivity contribution in [2.24, 2.45) is 0 Å². The molecule has 0 bridgehead atoms. The second-order valence-electron chi connectivity index (χ2n) is 4.98. The molecule has 2 N–H and O–H groups in total. The monoisotopic (exact) mass is 253 g/mol. The summed E-state index contributed by atoms with van der Waals surface area (Å²) in [6, 6.07) is 12.9. The Kier molecular flexibility index (Phi) is 4.26. The van der Waals surface area contributed by atoms with E-state index < -0.39 is 0 Å². The average Bonchev–Trinajstić information content (AvgIpc) is 2.45. The Morgan fingerprint density at radius 1 is 0.842 bits per heavy atom. The van der Waals surface area contributed by atoms with E-state index >= 15 is 0 Å². The van der Waals surface area contributed by atoms with Gasteiger partial charge in [0, 0.05) is 5.69 Å². The molecule has 0 aromatic heterocycles. The number of aryl methyl sites for hydroxylation is 3. The molecule has 1 nitrogen and oxygen atoms in total. The molecule has 0 aliphatic rings. The molecular formula is C18H23N. The van der Waals surface area contributed by atoms with Crippen LogP contribution in [0.4, 0.5) is 5.69 Å². The summed E-state index contributed by atoms with van der Waals surface area (Å²) in [5, 5.41) is 0. The van der Waals surface area contributed by atoms with Crippen LogP contribution in [0.25, 0.3) is 11.1 Å². The third-order valence-corrected chi connectivity index (χ3v) is 3.71. The molecule has 0 saturated heterocycles. The molecule has 1 heteroatoms. The number of nitrogen functional groups attached to an aromatic ring is 1. The van der Waals surface area contributed by atoms with E-state index in [0.29, 0.717) is 0 Å². The highest BCUT2D eigenvalue weighted by atomic mass is 14.5. The Hall–Kier alpha value is -1.76. The zero-order valence-electron chi connectivity index (χ0n) is 12.2. The summed E-state index contributed by atoms with van der Waals surface area (Å²) in [6.07, 6.45) is 3.22. The van der Waals surface area contributed by atoms with Gasteiger partial charge < -0.3 is 5.73 Å². The van der Waals surface area contributed by atoms with Crippen molar-refractivity contribution in [2.75, 3.05) is 5.73 Å². The zero-order chi connectivity index (χ0) is 13.8. The summed E-state index contributed by atoms with van der Waals surface area (Å²) < 4.78 is 0. The van der Waals surface area contributed by atoms with E-state index in [1.807, 2.05) is 12.1 Å². The van der Waals surface area contributed by atoms with Crippen LogP contribution in [0.3, 0.4) is 0 Å². The maximum atomic E-state index is 5.94. The Morgan fingerprint density at radius 3 is 1.95 bits per heavy atom. The fourth-order valence-electron chi connectivity index (χ4n) is 2.67. The van der Waals surface area contributed by atoms with Crippen LogP contribution >= 0.6 is 0 Å². The molecule has 0 unspecified atom stereocenters. The summed E-state index contributed by atoms with van der Waals surface area (Å²) in [5.41, 5.74) is 13.7. The molecule has 100 valence electrons. The fraction of sp³-hybridized carbons (Fsp3) is 0.333. The Bertz CT molecular complexity index is 545. The standard InChI is InChI=1S/C18H23N/c1-4-13-10-14(5-2)18(15(6-3)11-13)16-8-7-9-17(19)12-16/h7-12H,4-6,19H2,1-3H3. The summed E-state index contributed by atoms with van der Waals surface area (Å²) >= 11 is 0. The first-order chi connectivity index (χ1) is 9.19. The van der Waals surface area contributed by atoms with Crippen LogP contribution in [0.1, 0.15) is 37.5 Å². The minimum absolute atomic E-state index is 0.834. The van der Waals surface area contributed by atoms with E-state index in [1.165, 1.54) is 27.8 Å². The first-order valence-electron chi connectivity index (χ1n) is 7.20. The molecule has 2 rings (SSSR count). The van der Waals surface area contributed by atoms with Gasteiger partial charge in [-0.15, -0.1) is 0 Å². The number of benzene rings is 2. The molecule has 0 saturated carbocycles. The van der Waals surface area contributed by atoms with Crippen molar-refractivity contribution < 1.29 is 0 Å². The first-order valence-corrected chi connectivity index (χ1v) is 7.20. The van der Waals surface area contributed by atoms with Gasteiger partial charge in [0.25, 0.3) is 0 Å². The van der Waals surface area contributed by atoms with Gasteiger partial charge in [-0.05, 0) is 59.2 Å². The predicted molar refractivity (Wildman–Crippen MR) is 84.4 cm³/mol. The van der Waals surface area contributed by atoms with E-state index in [0.717, 1.165) is 24.9 Å². The van der Waals surface area contributed by atoms with Crippen LogP contribution in [-0.2, 0) is 19.3 Å². The van der Waals surface area contributed by atoms with E-state index in [9.17, 15) is 0 Å². The van der Waals surface area contributed by atoms with Crippen molar-refractivity contribution in [1.29, 1.82) is 0 Å². The Morgan fingerprint density at radius 2 is 1.47 bits per heavy atom. The van der Waals surface area contributed by atoms with Crippen LogP contribution in [-0.4, -0.2) is 0 Å².